The summed E-state index contributed by atoms with van der Waals surface area (Å²) < 4.78 is 40.3. The van der Waals surface area contributed by atoms with Crippen molar-refractivity contribution in [3.8, 4) is 5.88 Å². The van der Waals surface area contributed by atoms with Crippen molar-refractivity contribution in [1.29, 1.82) is 0 Å². The highest BCUT2D eigenvalue weighted by Gasteiger charge is 2.28. The molecule has 0 aliphatic heterocycles. The first-order valence-electron chi connectivity index (χ1n) is 4.65. The molecule has 0 aliphatic rings. The molecule has 0 bridgehead atoms. The molecule has 0 fully saturated rings. The molecule has 1 heterocycles. The van der Waals surface area contributed by atoms with Crippen LogP contribution < -0.4 is 16.0 Å². The van der Waals surface area contributed by atoms with Gasteiger partial charge in [-0.2, -0.15) is 18.2 Å². The normalized spacial score (nSPS) is 11.1. The van der Waals surface area contributed by atoms with Crippen molar-refractivity contribution in [1.82, 2.24) is 4.98 Å². The SMILES string of the molecule is NNc1ccc([N+](=O)[O-])c(OCCC(F)(F)F)n1. The van der Waals surface area contributed by atoms with E-state index in [1.807, 2.05) is 0 Å². The molecule has 7 nitrogen and oxygen atoms in total. The summed E-state index contributed by atoms with van der Waals surface area (Å²) in [6, 6.07) is 2.24. The predicted molar refractivity (Wildman–Crippen MR) is 54.9 cm³/mol. The molecule has 10 heteroatoms. The van der Waals surface area contributed by atoms with Gasteiger partial charge in [-0.05, 0) is 6.07 Å². The van der Waals surface area contributed by atoms with Gasteiger partial charge in [0, 0.05) is 6.07 Å². The molecule has 1 aromatic heterocycles. The van der Waals surface area contributed by atoms with Crippen LogP contribution in [0.4, 0.5) is 24.7 Å². The molecular formula is C8H9F3N4O3. The molecule has 1 aromatic rings. The molecule has 0 unspecified atom stereocenters. The largest absolute Gasteiger partial charge is 0.472 e. The number of hydrogen-bond donors (Lipinski definition) is 2. The Morgan fingerprint density at radius 3 is 2.67 bits per heavy atom. The maximum atomic E-state index is 11.9. The number of alkyl halides is 3. The van der Waals surface area contributed by atoms with E-state index in [0.29, 0.717) is 0 Å². The van der Waals surface area contributed by atoms with Crippen molar-refractivity contribution in [3.05, 3.63) is 22.2 Å². The second kappa shape index (κ2) is 5.49. The van der Waals surface area contributed by atoms with Crippen LogP contribution in [0.25, 0.3) is 0 Å². The molecule has 0 aromatic carbocycles. The quantitative estimate of drug-likeness (QED) is 0.476. The van der Waals surface area contributed by atoms with Gasteiger partial charge in [-0.1, -0.05) is 0 Å². The third kappa shape index (κ3) is 4.05. The van der Waals surface area contributed by atoms with Gasteiger partial charge in [-0.3, -0.25) is 10.1 Å². The van der Waals surface area contributed by atoms with Crippen LogP contribution in [0.2, 0.25) is 0 Å². The zero-order chi connectivity index (χ0) is 13.8. The third-order valence-electron chi connectivity index (χ3n) is 1.81. The van der Waals surface area contributed by atoms with Crippen molar-refractivity contribution >= 4 is 11.5 Å². The van der Waals surface area contributed by atoms with Crippen LogP contribution in [-0.4, -0.2) is 22.7 Å². The number of ether oxygens (including phenoxy) is 1. The van der Waals surface area contributed by atoms with E-state index in [1.165, 1.54) is 6.07 Å². The fourth-order valence-electron chi connectivity index (χ4n) is 1.02. The Hall–Kier alpha value is -2.10. The summed E-state index contributed by atoms with van der Waals surface area (Å²) in [6.45, 7) is -0.759. The highest BCUT2D eigenvalue weighted by Crippen LogP contribution is 2.27. The summed E-state index contributed by atoms with van der Waals surface area (Å²) in [5.74, 6) is 4.55. The highest BCUT2D eigenvalue weighted by atomic mass is 19.4. The Bertz CT molecular complexity index is 438. The fourth-order valence-corrected chi connectivity index (χ4v) is 1.02. The first-order chi connectivity index (χ1) is 8.33. The number of rotatable bonds is 5. The van der Waals surface area contributed by atoms with E-state index in [4.69, 9.17) is 5.84 Å². The zero-order valence-corrected chi connectivity index (χ0v) is 8.90. The number of nitrogens with two attached hydrogens (primary N) is 1. The number of hydrogen-bond acceptors (Lipinski definition) is 6. The molecule has 1 rings (SSSR count). The maximum absolute atomic E-state index is 11.9. The molecule has 0 amide bonds. The predicted octanol–water partition coefficient (Wildman–Crippen LogP) is 1.61. The van der Waals surface area contributed by atoms with E-state index < -0.39 is 35.7 Å². The van der Waals surface area contributed by atoms with Gasteiger partial charge in [0.05, 0.1) is 18.0 Å². The Labute approximate surface area is 98.9 Å². The summed E-state index contributed by atoms with van der Waals surface area (Å²) in [6.07, 6.45) is -5.63. The summed E-state index contributed by atoms with van der Waals surface area (Å²) in [7, 11) is 0. The van der Waals surface area contributed by atoms with Gasteiger partial charge in [0.15, 0.2) is 0 Å². The molecule has 3 N–H and O–H groups in total. The third-order valence-corrected chi connectivity index (χ3v) is 1.81. The van der Waals surface area contributed by atoms with E-state index in [-0.39, 0.29) is 5.82 Å². The molecule has 18 heavy (non-hydrogen) atoms. The second-order valence-electron chi connectivity index (χ2n) is 3.14. The summed E-state index contributed by atoms with van der Waals surface area (Å²) in [5.41, 5.74) is 1.57. The van der Waals surface area contributed by atoms with Crippen LogP contribution >= 0.6 is 0 Å². The minimum atomic E-state index is -4.40. The number of nitrogen functional groups attached to an aromatic ring is 1. The molecular weight excluding hydrogens is 257 g/mol. The molecule has 0 saturated heterocycles. The summed E-state index contributed by atoms with van der Waals surface area (Å²) in [4.78, 5) is 13.3. The maximum Gasteiger partial charge on any atom is 0.392 e. The van der Waals surface area contributed by atoms with Gasteiger partial charge in [-0.15, -0.1) is 0 Å². The minimum absolute atomic E-state index is 0.0441. The van der Waals surface area contributed by atoms with Crippen molar-refractivity contribution in [2.75, 3.05) is 12.0 Å². The van der Waals surface area contributed by atoms with E-state index in [0.717, 1.165) is 6.07 Å². The van der Waals surface area contributed by atoms with Crippen molar-refractivity contribution in [2.24, 2.45) is 5.84 Å². The van der Waals surface area contributed by atoms with Crippen LogP contribution in [0.15, 0.2) is 12.1 Å². The van der Waals surface area contributed by atoms with Crippen LogP contribution in [0.1, 0.15) is 6.42 Å². The standard InChI is InChI=1S/C8H9F3N4O3/c9-8(10,11)3-4-18-7-5(15(16)17)1-2-6(13-7)14-12/h1-2H,3-4,12H2,(H,13,14). The zero-order valence-electron chi connectivity index (χ0n) is 8.90. The lowest BCUT2D eigenvalue weighted by molar-refractivity contribution is -0.386. The lowest BCUT2D eigenvalue weighted by Crippen LogP contribution is -2.15. The number of anilines is 1. The summed E-state index contributed by atoms with van der Waals surface area (Å²) in [5, 5.41) is 10.6. The smallest absolute Gasteiger partial charge is 0.392 e. The van der Waals surface area contributed by atoms with E-state index >= 15 is 0 Å². The highest BCUT2D eigenvalue weighted by molar-refractivity contribution is 5.48. The molecule has 0 saturated carbocycles. The lowest BCUT2D eigenvalue weighted by Gasteiger charge is -2.09. The van der Waals surface area contributed by atoms with E-state index in [1.54, 1.807) is 0 Å². The van der Waals surface area contributed by atoms with Gasteiger partial charge < -0.3 is 10.2 Å². The van der Waals surface area contributed by atoms with Crippen molar-refractivity contribution < 1.29 is 22.8 Å². The number of nitrogens with one attached hydrogen (secondary N) is 1. The Balaban J connectivity index is 2.81. The number of pyridine rings is 1. The fraction of sp³-hybridized carbons (Fsp3) is 0.375. The van der Waals surface area contributed by atoms with E-state index in [9.17, 15) is 23.3 Å². The number of halogens is 3. The Morgan fingerprint density at radius 2 is 2.17 bits per heavy atom. The lowest BCUT2D eigenvalue weighted by atomic mass is 10.4. The average molecular weight is 266 g/mol. The van der Waals surface area contributed by atoms with Gasteiger partial charge in [-0.25, -0.2) is 5.84 Å². The molecule has 100 valence electrons. The number of aromatic nitrogens is 1. The Kier molecular flexibility index (Phi) is 4.26. The number of nitrogens with zero attached hydrogens (tertiary/aromatic N) is 2. The van der Waals surface area contributed by atoms with Crippen molar-refractivity contribution in [2.45, 2.75) is 12.6 Å². The van der Waals surface area contributed by atoms with Gasteiger partial charge >= 0.3 is 11.9 Å². The van der Waals surface area contributed by atoms with E-state index in [2.05, 4.69) is 15.1 Å². The van der Waals surface area contributed by atoms with Gasteiger partial charge in [0.25, 0.3) is 5.88 Å². The first-order valence-corrected chi connectivity index (χ1v) is 4.65. The van der Waals surface area contributed by atoms with Gasteiger partial charge in [0.1, 0.15) is 5.82 Å². The first kappa shape index (κ1) is 14.0. The van der Waals surface area contributed by atoms with Crippen LogP contribution in [0.5, 0.6) is 5.88 Å². The molecule has 0 spiro atoms. The van der Waals surface area contributed by atoms with Crippen LogP contribution in [-0.2, 0) is 0 Å². The van der Waals surface area contributed by atoms with Crippen LogP contribution in [0.3, 0.4) is 0 Å². The van der Waals surface area contributed by atoms with Crippen molar-refractivity contribution in [3.63, 3.8) is 0 Å². The average Bonchev–Trinajstić information content (AvgIpc) is 2.26. The monoisotopic (exact) mass is 266 g/mol. The topological polar surface area (TPSA) is 103 Å². The van der Waals surface area contributed by atoms with Crippen LogP contribution in [0, 0.1) is 10.1 Å². The summed E-state index contributed by atoms with van der Waals surface area (Å²) >= 11 is 0. The molecule has 0 aliphatic carbocycles. The Morgan fingerprint density at radius 1 is 1.50 bits per heavy atom. The second-order valence-corrected chi connectivity index (χ2v) is 3.14. The molecule has 0 radical (unpaired) electrons. The number of hydrazine groups is 1. The van der Waals surface area contributed by atoms with Gasteiger partial charge in [0.2, 0.25) is 0 Å². The number of nitro groups is 1. The minimum Gasteiger partial charge on any atom is -0.472 e. The molecule has 0 atom stereocenters.